The normalized spacial score (nSPS) is 8.83. The molecular weight excluding hydrogens is 1120 g/mol. The molecule has 13 aromatic heterocycles. The van der Waals surface area contributed by atoms with Crippen molar-refractivity contribution in [3.63, 3.8) is 0 Å². The summed E-state index contributed by atoms with van der Waals surface area (Å²) in [6, 6.07) is 3.80. The Morgan fingerprint density at radius 3 is 1.54 bits per heavy atom. The summed E-state index contributed by atoms with van der Waals surface area (Å²) in [6.45, 7) is 24.9. The lowest BCUT2D eigenvalue weighted by molar-refractivity contribution is 0.392. The molecule has 0 bridgehead atoms. The fourth-order valence-corrected chi connectivity index (χ4v) is 6.08. The Bertz CT molecular complexity index is 2240. The van der Waals surface area contributed by atoms with Gasteiger partial charge in [-0.05, 0) is 159 Å². The van der Waals surface area contributed by atoms with Crippen LogP contribution in [0.15, 0.2) is 142 Å². The predicted molar refractivity (Wildman–Crippen MR) is 301 cm³/mol. The van der Waals surface area contributed by atoms with Crippen molar-refractivity contribution >= 4 is 69.0 Å². The molecule has 0 aliphatic rings. The van der Waals surface area contributed by atoms with Gasteiger partial charge in [-0.1, -0.05) is 24.4 Å². The van der Waals surface area contributed by atoms with Crippen LogP contribution in [0.1, 0.15) is 73.3 Å². The Kier molecular flexibility index (Phi) is 40.1. The lowest BCUT2D eigenvalue weighted by Gasteiger charge is -1.67. The number of nitrogens with one attached hydrogen (secondary N) is 2. The van der Waals surface area contributed by atoms with E-state index in [1.807, 2.05) is 122 Å². The zero-order valence-electron chi connectivity index (χ0n) is 45.0. The first-order valence-electron chi connectivity index (χ1n) is 22.2. The molecule has 0 aromatic carbocycles. The second-order valence-electron chi connectivity index (χ2n) is 14.3. The largest absolute Gasteiger partial charge is 0.452 e. The van der Waals surface area contributed by atoms with E-state index < -0.39 is 0 Å². The van der Waals surface area contributed by atoms with Gasteiger partial charge in [0.25, 0.3) is 0 Å². The molecule has 32 heteroatoms. The minimum atomic E-state index is 0.676. The number of thiazole rings is 1. The molecule has 13 rings (SSSR count). The van der Waals surface area contributed by atoms with Crippen LogP contribution >= 0.6 is 69.0 Å². The third kappa shape index (κ3) is 44.2. The van der Waals surface area contributed by atoms with Gasteiger partial charge in [-0.25, -0.2) is 24.3 Å². The Morgan fingerprint density at radius 1 is 0.538 bits per heavy atom. The highest BCUT2D eigenvalue weighted by Crippen LogP contribution is 1.98. The molecule has 0 radical (unpaired) electrons. The smallest absolute Gasteiger partial charge is 0.213 e. The summed E-state index contributed by atoms with van der Waals surface area (Å²) < 4.78 is 41.1. The molecular formula is C46H61N21O5S6. The van der Waals surface area contributed by atoms with Gasteiger partial charge in [0.15, 0.2) is 12.2 Å². The van der Waals surface area contributed by atoms with Crippen LogP contribution in [0.5, 0.6) is 0 Å². The van der Waals surface area contributed by atoms with Crippen molar-refractivity contribution in [3.05, 3.63) is 193 Å². The molecule has 416 valence electrons. The zero-order chi connectivity index (χ0) is 57.3. The molecule has 0 amide bonds. The van der Waals surface area contributed by atoms with E-state index in [-0.39, 0.29) is 0 Å². The van der Waals surface area contributed by atoms with E-state index in [4.69, 9.17) is 0 Å². The van der Waals surface area contributed by atoms with Crippen LogP contribution in [0.2, 0.25) is 0 Å². The van der Waals surface area contributed by atoms with Gasteiger partial charge >= 0.3 is 0 Å². The molecule has 0 saturated carbocycles. The number of hydrogen-bond donors (Lipinski definition) is 2. The highest BCUT2D eigenvalue weighted by Gasteiger charge is 1.84. The van der Waals surface area contributed by atoms with Crippen LogP contribution < -0.4 is 0 Å². The highest BCUT2D eigenvalue weighted by molar-refractivity contribution is 7.07. The monoisotopic (exact) mass is 1180 g/mol. The van der Waals surface area contributed by atoms with Crippen molar-refractivity contribution in [1.29, 1.82) is 0 Å². The fourth-order valence-electron chi connectivity index (χ4n) is 3.28. The maximum atomic E-state index is 4.60. The maximum absolute atomic E-state index is 4.60. The number of imidazole rings is 1. The second kappa shape index (κ2) is 46.2. The zero-order valence-corrected chi connectivity index (χ0v) is 49.9. The number of hydrogen-bond acceptors (Lipinski definition) is 30. The topological polar surface area (TPSA) is 342 Å². The highest BCUT2D eigenvalue weighted by atomic mass is 32.1. The first-order chi connectivity index (χ1) is 37.6. The number of aromatic amines is 2. The van der Waals surface area contributed by atoms with E-state index in [1.165, 1.54) is 88.6 Å². The Morgan fingerprint density at radius 2 is 1.37 bits per heavy atom. The molecule has 0 saturated heterocycles. The minimum Gasteiger partial charge on any atom is -0.452 e. The molecule has 13 heterocycles. The molecule has 13 aromatic rings. The van der Waals surface area contributed by atoms with Crippen LogP contribution in [0, 0.1) is 90.0 Å². The Hall–Kier alpha value is -8.17. The van der Waals surface area contributed by atoms with Gasteiger partial charge in [0.05, 0.1) is 47.0 Å². The van der Waals surface area contributed by atoms with Crippen LogP contribution in [-0.4, -0.2) is 103 Å². The number of oxazole rings is 1. The first kappa shape index (κ1) is 67.8. The summed E-state index contributed by atoms with van der Waals surface area (Å²) in [5.74, 6) is 2.39. The van der Waals surface area contributed by atoms with Gasteiger partial charge in [-0.3, -0.25) is 10.1 Å². The molecule has 26 nitrogen and oxygen atoms in total. The average Bonchev–Trinajstić information content (AvgIpc) is 4.23. The van der Waals surface area contributed by atoms with Crippen molar-refractivity contribution in [2.75, 3.05) is 0 Å². The molecule has 0 atom stereocenters. The summed E-state index contributed by atoms with van der Waals surface area (Å²) in [4.78, 5) is 26.7. The molecule has 0 aliphatic heterocycles. The van der Waals surface area contributed by atoms with E-state index in [0.29, 0.717) is 5.82 Å². The molecule has 0 spiro atoms. The third-order valence-electron chi connectivity index (χ3n) is 6.88. The lowest BCUT2D eigenvalue weighted by Crippen LogP contribution is -1.68. The van der Waals surface area contributed by atoms with Gasteiger partial charge in [0.1, 0.15) is 54.2 Å². The van der Waals surface area contributed by atoms with E-state index in [9.17, 15) is 0 Å². The predicted octanol–water partition coefficient (Wildman–Crippen LogP) is 11.4. The van der Waals surface area contributed by atoms with Crippen molar-refractivity contribution in [3.8, 4) is 0 Å². The average molecular weight is 1180 g/mol. The summed E-state index contributed by atoms with van der Waals surface area (Å²) in [5, 5.41) is 38.5. The number of aromatic nitrogens is 21. The quantitative estimate of drug-likeness (QED) is 0.142. The number of H-pyrrole nitrogens is 2. The number of nitrogens with zero attached hydrogens (tertiary/aromatic N) is 19. The van der Waals surface area contributed by atoms with Crippen LogP contribution in [0.3, 0.4) is 0 Å². The summed E-state index contributed by atoms with van der Waals surface area (Å²) in [5.41, 5.74) is 12.9. The summed E-state index contributed by atoms with van der Waals surface area (Å²) in [6.07, 6.45) is 19.1. The Labute approximate surface area is 475 Å². The molecule has 0 aliphatic carbocycles. The minimum absolute atomic E-state index is 0.676. The molecule has 78 heavy (non-hydrogen) atoms. The van der Waals surface area contributed by atoms with Gasteiger partial charge in [-0.15, -0.1) is 26.6 Å². The van der Waals surface area contributed by atoms with Crippen LogP contribution in [0.25, 0.3) is 0 Å². The van der Waals surface area contributed by atoms with E-state index in [2.05, 4.69) is 126 Å². The fraction of sp³-hybridized carbons (Fsp3) is 0.283. The van der Waals surface area contributed by atoms with Gasteiger partial charge in [0.2, 0.25) is 6.39 Å². The molecule has 2 N–H and O–H groups in total. The van der Waals surface area contributed by atoms with E-state index >= 15 is 0 Å². The SMILES string of the molecule is Cc1ccon1.Cc1ccsn1.Cc1cnc[nH]1.Cc1cnns1.Cc1cnoc1.Cc1cnsc1.Cc1cocn1.Cc1conn1.Cc1cscn1.Cc1csnn1.Cc1ncn[nH]1.Cc1ncon1.Cc1ncsn1. The molecule has 0 fully saturated rings. The Balaban J connectivity index is 0.000000422. The van der Waals surface area contributed by atoms with Crippen molar-refractivity contribution in [2.24, 2.45) is 0 Å². The van der Waals surface area contributed by atoms with Crippen molar-refractivity contribution in [1.82, 2.24) is 103 Å². The van der Waals surface area contributed by atoms with Gasteiger partial charge < -0.3 is 27.5 Å². The van der Waals surface area contributed by atoms with Gasteiger partial charge in [-0.2, -0.15) is 18.8 Å². The number of rotatable bonds is 0. The lowest BCUT2D eigenvalue weighted by atomic mass is 10.4. The standard InChI is InChI=1S/C4H6N2.3C4H5NO.3C4H5NS.C3H5N3.2C3H4N2O.3C3H4N2S/c1-4-2-5-3-6-4;1-4-2-6-3-5-4;1-4-2-5-6-3-4;1-4-2-3-6-5-4;1-4-2-6-3-5-4;1-4-2-5-6-3-4;1-4-2-3-6-5-4;1-3-4-2-5-6-3;1-3-4-2-6-5-3;1-3-2-6-5-4-3;1-3-4-2-6-5-3;1-3-2-6-5-4-3;1-3-2-4-5-6-3/h2-3H,1H3,(H,5,6);6*2-3H,1H3;2H,1H3,(H,4,5,6);5*2H,1H3. The maximum Gasteiger partial charge on any atom is 0.213 e. The molecule has 0 unspecified atom stereocenters. The van der Waals surface area contributed by atoms with Crippen molar-refractivity contribution < 1.29 is 22.5 Å². The van der Waals surface area contributed by atoms with Crippen molar-refractivity contribution in [2.45, 2.75) is 90.0 Å². The summed E-state index contributed by atoms with van der Waals surface area (Å²) >= 11 is 8.78. The summed E-state index contributed by atoms with van der Waals surface area (Å²) in [7, 11) is 0. The van der Waals surface area contributed by atoms with Crippen LogP contribution in [0.4, 0.5) is 0 Å². The van der Waals surface area contributed by atoms with Crippen LogP contribution in [-0.2, 0) is 0 Å². The first-order valence-corrected chi connectivity index (χ1v) is 27.3. The van der Waals surface area contributed by atoms with E-state index in [0.717, 1.165) is 61.9 Å². The second-order valence-corrected chi connectivity index (χ2v) is 18.6. The number of aryl methyl sites for hydroxylation is 13. The third-order valence-corrected chi connectivity index (χ3v) is 10.7. The van der Waals surface area contributed by atoms with E-state index in [1.54, 1.807) is 73.5 Å². The van der Waals surface area contributed by atoms with Gasteiger partial charge in [0, 0.05) is 67.1 Å².